The number of amides is 1. The van der Waals surface area contributed by atoms with Crippen LogP contribution in [0.25, 0.3) is 5.82 Å². The molecule has 29 heavy (non-hydrogen) atoms. The first-order chi connectivity index (χ1) is 13.6. The molecule has 8 nitrogen and oxygen atoms in total. The number of carbonyl (C=O) groups is 1. The van der Waals surface area contributed by atoms with Gasteiger partial charge in [-0.05, 0) is 50.2 Å². The van der Waals surface area contributed by atoms with Crippen LogP contribution in [0.4, 0.5) is 5.69 Å². The number of carbonyl (C=O) groups excluding carboxylic acids is 1. The molecule has 0 radical (unpaired) electrons. The molecule has 1 amide bonds. The molecule has 0 aliphatic carbocycles. The molecule has 3 aromatic rings. The Morgan fingerprint density at radius 2 is 1.86 bits per heavy atom. The number of nitrogens with one attached hydrogen (secondary N) is 1. The number of hydrogen-bond donors (Lipinski definition) is 1. The number of benzene rings is 1. The van der Waals surface area contributed by atoms with Gasteiger partial charge >= 0.3 is 0 Å². The van der Waals surface area contributed by atoms with Gasteiger partial charge in [0.15, 0.2) is 5.82 Å². The van der Waals surface area contributed by atoms with E-state index < -0.39 is 15.9 Å². The fourth-order valence-corrected chi connectivity index (χ4v) is 3.84. The Morgan fingerprint density at radius 3 is 2.48 bits per heavy atom. The number of aromatic nitrogens is 3. The van der Waals surface area contributed by atoms with Gasteiger partial charge in [-0.2, -0.15) is 5.10 Å². The van der Waals surface area contributed by atoms with Crippen LogP contribution in [0.2, 0.25) is 5.02 Å². The lowest BCUT2D eigenvalue weighted by Crippen LogP contribution is -2.22. The zero-order valence-corrected chi connectivity index (χ0v) is 17.9. The van der Waals surface area contributed by atoms with E-state index in [-0.39, 0.29) is 15.6 Å². The van der Waals surface area contributed by atoms with Crippen molar-refractivity contribution in [1.29, 1.82) is 0 Å². The maximum absolute atomic E-state index is 12.8. The number of nitrogens with zero attached hydrogens (tertiary/aromatic N) is 4. The van der Waals surface area contributed by atoms with E-state index in [1.165, 1.54) is 26.2 Å². The quantitative estimate of drug-likeness (QED) is 0.667. The van der Waals surface area contributed by atoms with Gasteiger partial charge in [-0.25, -0.2) is 22.4 Å². The average Bonchev–Trinajstić information content (AvgIpc) is 3.00. The maximum Gasteiger partial charge on any atom is 0.275 e. The molecule has 0 bridgehead atoms. The lowest BCUT2D eigenvalue weighted by Gasteiger charge is -2.13. The van der Waals surface area contributed by atoms with Gasteiger partial charge < -0.3 is 5.32 Å². The standard InChI is InChI=1S/C19H20ClN5O3S/c1-12-10-13(2)25(23-12)17-9-8-16(20)18(22-17)19(26)21-14-6-5-7-15(11-14)29(27,28)24(3)4/h5-11H,1-4H3,(H,21,26). The second-order valence-electron chi connectivity index (χ2n) is 6.61. The molecular formula is C19H20ClN5O3S. The van der Waals surface area contributed by atoms with Crippen molar-refractivity contribution in [3.63, 3.8) is 0 Å². The Kier molecular flexibility index (Phi) is 5.74. The lowest BCUT2D eigenvalue weighted by molar-refractivity contribution is 0.102. The highest BCUT2D eigenvalue weighted by Crippen LogP contribution is 2.21. The van der Waals surface area contributed by atoms with Crippen molar-refractivity contribution in [1.82, 2.24) is 19.1 Å². The largest absolute Gasteiger partial charge is 0.321 e. The van der Waals surface area contributed by atoms with Gasteiger partial charge in [0, 0.05) is 25.5 Å². The zero-order valence-electron chi connectivity index (χ0n) is 16.3. The van der Waals surface area contributed by atoms with Crippen molar-refractivity contribution in [3.05, 3.63) is 64.6 Å². The Bertz CT molecular complexity index is 1190. The van der Waals surface area contributed by atoms with Crippen LogP contribution in [0.3, 0.4) is 0 Å². The van der Waals surface area contributed by atoms with Crippen molar-refractivity contribution < 1.29 is 13.2 Å². The van der Waals surface area contributed by atoms with E-state index in [0.29, 0.717) is 11.5 Å². The summed E-state index contributed by atoms with van der Waals surface area (Å²) in [4.78, 5) is 17.2. The van der Waals surface area contributed by atoms with Crippen LogP contribution in [0, 0.1) is 13.8 Å². The van der Waals surface area contributed by atoms with Gasteiger partial charge in [-0.3, -0.25) is 4.79 Å². The minimum Gasteiger partial charge on any atom is -0.321 e. The molecule has 0 aliphatic rings. The zero-order chi connectivity index (χ0) is 21.3. The highest BCUT2D eigenvalue weighted by Gasteiger charge is 2.19. The van der Waals surface area contributed by atoms with Gasteiger partial charge in [-0.1, -0.05) is 17.7 Å². The van der Waals surface area contributed by atoms with Crippen molar-refractivity contribution in [3.8, 4) is 5.82 Å². The predicted molar refractivity (Wildman–Crippen MR) is 111 cm³/mol. The second-order valence-corrected chi connectivity index (χ2v) is 9.17. The molecule has 1 N–H and O–H groups in total. The molecule has 0 spiro atoms. The summed E-state index contributed by atoms with van der Waals surface area (Å²) in [5.74, 6) is -0.105. The molecular weight excluding hydrogens is 414 g/mol. The monoisotopic (exact) mass is 433 g/mol. The van der Waals surface area contributed by atoms with E-state index >= 15 is 0 Å². The average molecular weight is 434 g/mol. The summed E-state index contributed by atoms with van der Waals surface area (Å²) < 4.78 is 27.3. The van der Waals surface area contributed by atoms with Crippen molar-refractivity contribution in [2.24, 2.45) is 0 Å². The Hall–Kier alpha value is -2.75. The minimum absolute atomic E-state index is 0.0117. The summed E-state index contributed by atoms with van der Waals surface area (Å²) >= 11 is 6.18. The highest BCUT2D eigenvalue weighted by molar-refractivity contribution is 7.89. The Balaban J connectivity index is 1.92. The molecule has 152 valence electrons. The van der Waals surface area contributed by atoms with Gasteiger partial charge in [0.2, 0.25) is 10.0 Å². The van der Waals surface area contributed by atoms with Crippen LogP contribution in [-0.4, -0.2) is 47.5 Å². The van der Waals surface area contributed by atoms with E-state index in [9.17, 15) is 13.2 Å². The lowest BCUT2D eigenvalue weighted by atomic mass is 10.3. The van der Waals surface area contributed by atoms with Crippen LogP contribution >= 0.6 is 11.6 Å². The Labute approximate surface area is 174 Å². The maximum atomic E-state index is 12.8. The molecule has 3 rings (SSSR count). The highest BCUT2D eigenvalue weighted by atomic mass is 35.5. The molecule has 0 saturated carbocycles. The van der Waals surface area contributed by atoms with E-state index in [4.69, 9.17) is 11.6 Å². The third kappa shape index (κ3) is 4.31. The number of hydrogen-bond acceptors (Lipinski definition) is 5. The molecule has 0 aliphatic heterocycles. The third-order valence-electron chi connectivity index (χ3n) is 4.14. The molecule has 2 aromatic heterocycles. The molecule has 0 atom stereocenters. The predicted octanol–water partition coefficient (Wildman–Crippen LogP) is 3.04. The summed E-state index contributed by atoms with van der Waals surface area (Å²) in [5, 5.41) is 7.18. The van der Waals surface area contributed by atoms with Crippen LogP contribution in [0.15, 0.2) is 47.4 Å². The Morgan fingerprint density at radius 1 is 1.14 bits per heavy atom. The van der Waals surface area contributed by atoms with Gasteiger partial charge in [0.25, 0.3) is 5.91 Å². The summed E-state index contributed by atoms with van der Waals surface area (Å²) in [6, 6.07) is 11.1. The van der Waals surface area contributed by atoms with Crippen LogP contribution in [0.5, 0.6) is 0 Å². The van der Waals surface area contributed by atoms with Crippen molar-refractivity contribution in [2.75, 3.05) is 19.4 Å². The smallest absolute Gasteiger partial charge is 0.275 e. The fourth-order valence-electron chi connectivity index (χ4n) is 2.71. The number of anilines is 1. The summed E-state index contributed by atoms with van der Waals surface area (Å²) in [7, 11) is -0.746. The summed E-state index contributed by atoms with van der Waals surface area (Å²) in [6.07, 6.45) is 0. The number of pyridine rings is 1. The minimum atomic E-state index is -3.62. The van der Waals surface area contributed by atoms with E-state index in [2.05, 4.69) is 15.4 Å². The van der Waals surface area contributed by atoms with Crippen LogP contribution < -0.4 is 5.32 Å². The second kappa shape index (κ2) is 7.94. The van der Waals surface area contributed by atoms with E-state index in [1.807, 2.05) is 19.9 Å². The van der Waals surface area contributed by atoms with Gasteiger partial charge in [0.1, 0.15) is 5.69 Å². The first kappa shape index (κ1) is 21.0. The van der Waals surface area contributed by atoms with E-state index in [0.717, 1.165) is 15.7 Å². The first-order valence-corrected chi connectivity index (χ1v) is 10.5. The van der Waals surface area contributed by atoms with E-state index in [1.54, 1.807) is 28.9 Å². The van der Waals surface area contributed by atoms with Crippen LogP contribution in [-0.2, 0) is 10.0 Å². The summed E-state index contributed by atoms with van der Waals surface area (Å²) in [6.45, 7) is 3.74. The van der Waals surface area contributed by atoms with Crippen molar-refractivity contribution in [2.45, 2.75) is 18.7 Å². The third-order valence-corrected chi connectivity index (χ3v) is 6.26. The van der Waals surface area contributed by atoms with Gasteiger partial charge in [-0.15, -0.1) is 0 Å². The number of rotatable bonds is 5. The van der Waals surface area contributed by atoms with Crippen LogP contribution in [0.1, 0.15) is 21.9 Å². The molecule has 2 heterocycles. The number of sulfonamides is 1. The molecule has 0 unspecified atom stereocenters. The van der Waals surface area contributed by atoms with Crippen molar-refractivity contribution >= 4 is 33.2 Å². The summed E-state index contributed by atoms with van der Waals surface area (Å²) in [5.41, 5.74) is 2.01. The molecule has 10 heteroatoms. The molecule has 0 fully saturated rings. The fraction of sp³-hybridized carbons (Fsp3) is 0.211. The van der Waals surface area contributed by atoms with Gasteiger partial charge in [0.05, 0.1) is 15.6 Å². The topological polar surface area (TPSA) is 97.2 Å². The molecule has 1 aromatic carbocycles. The SMILES string of the molecule is Cc1cc(C)n(-c2ccc(Cl)c(C(=O)Nc3cccc(S(=O)(=O)N(C)C)c3)n2)n1. The first-order valence-electron chi connectivity index (χ1n) is 8.64. The number of halogens is 1. The molecule has 0 saturated heterocycles. The number of aryl methyl sites for hydroxylation is 2. The normalized spacial score (nSPS) is 11.7.